The lowest BCUT2D eigenvalue weighted by Gasteiger charge is -2.49. The molecule has 10 nitrogen and oxygen atoms in total. The van der Waals surface area contributed by atoms with Crippen molar-refractivity contribution in [2.75, 3.05) is 13.2 Å². The van der Waals surface area contributed by atoms with E-state index in [1.807, 2.05) is 0 Å². The first kappa shape index (κ1) is 21.9. The van der Waals surface area contributed by atoms with E-state index in [9.17, 15) is 35.7 Å². The van der Waals surface area contributed by atoms with Gasteiger partial charge >= 0.3 is 0 Å². The monoisotopic (exact) mass is 382 g/mol. The van der Waals surface area contributed by atoms with Crippen molar-refractivity contribution in [2.45, 2.75) is 82.0 Å². The molecule has 0 aromatic heterocycles. The topological polar surface area (TPSA) is 169 Å². The molecule has 7 N–H and O–H groups in total. The largest absolute Gasteiger partial charge is 0.394 e. The van der Waals surface area contributed by atoms with Crippen LogP contribution in [0.25, 0.3) is 0 Å². The van der Waals surface area contributed by atoms with E-state index in [4.69, 9.17) is 14.2 Å². The Morgan fingerprint density at radius 1 is 0.731 bits per heavy atom. The average Bonchev–Trinajstić information content (AvgIpc) is 2.58. The van der Waals surface area contributed by atoms with Crippen LogP contribution < -0.4 is 0 Å². The molecule has 0 aliphatic carbocycles. The van der Waals surface area contributed by atoms with Crippen molar-refractivity contribution < 1.29 is 50.0 Å². The van der Waals surface area contributed by atoms with Crippen molar-refractivity contribution in [3.63, 3.8) is 0 Å². The van der Waals surface area contributed by atoms with Crippen molar-refractivity contribution in [1.82, 2.24) is 0 Å². The van der Waals surface area contributed by atoms with E-state index in [1.54, 1.807) is 20.8 Å². The molecule has 2 aliphatic rings. The smallest absolute Gasteiger partial charge is 0.187 e. The van der Waals surface area contributed by atoms with Crippen LogP contribution in [0.15, 0.2) is 0 Å². The lowest BCUT2D eigenvalue weighted by atomic mass is 9.80. The van der Waals surface area contributed by atoms with Crippen LogP contribution in [-0.4, -0.2) is 110 Å². The Hall–Kier alpha value is -0.400. The molecule has 0 radical (unpaired) electrons. The Balaban J connectivity index is 2.23. The molecule has 0 bridgehead atoms. The molecule has 2 rings (SSSR count). The van der Waals surface area contributed by atoms with Crippen molar-refractivity contribution in [3.8, 4) is 0 Å². The highest BCUT2D eigenvalue weighted by molar-refractivity contribution is 4.98. The second-order valence-electron chi connectivity index (χ2n) is 7.92. The number of hydrogen-bond acceptors (Lipinski definition) is 10. The normalized spacial score (nSPS) is 47.8. The van der Waals surface area contributed by atoms with Gasteiger partial charge in [-0.05, 0) is 5.41 Å². The first-order valence-electron chi connectivity index (χ1n) is 8.61. The van der Waals surface area contributed by atoms with Crippen LogP contribution in [0.1, 0.15) is 20.8 Å². The summed E-state index contributed by atoms with van der Waals surface area (Å²) in [6, 6.07) is 0. The summed E-state index contributed by atoms with van der Waals surface area (Å²) in [4.78, 5) is 0. The van der Waals surface area contributed by atoms with E-state index in [0.717, 1.165) is 0 Å². The molecule has 0 aromatic carbocycles. The molecule has 0 saturated carbocycles. The van der Waals surface area contributed by atoms with Gasteiger partial charge in [0.1, 0.15) is 48.8 Å². The minimum Gasteiger partial charge on any atom is -0.394 e. The molecule has 0 amide bonds. The van der Waals surface area contributed by atoms with Gasteiger partial charge in [-0.3, -0.25) is 0 Å². The molecule has 154 valence electrons. The van der Waals surface area contributed by atoms with E-state index in [-0.39, 0.29) is 0 Å². The van der Waals surface area contributed by atoms with Crippen LogP contribution in [0.5, 0.6) is 0 Å². The summed E-state index contributed by atoms with van der Waals surface area (Å²) in [5, 5.41) is 69.0. The molecule has 2 aliphatic heterocycles. The minimum atomic E-state index is -1.65. The highest BCUT2D eigenvalue weighted by Crippen LogP contribution is 2.36. The molecule has 2 unspecified atom stereocenters. The molecular weight excluding hydrogens is 352 g/mol. The second-order valence-corrected chi connectivity index (χ2v) is 7.92. The summed E-state index contributed by atoms with van der Waals surface area (Å²) in [5.74, 6) is 0. The fourth-order valence-electron chi connectivity index (χ4n) is 3.27. The van der Waals surface area contributed by atoms with Gasteiger partial charge in [0.2, 0.25) is 0 Å². The molecule has 10 heteroatoms. The first-order chi connectivity index (χ1) is 12.0. The predicted molar refractivity (Wildman–Crippen MR) is 85.9 cm³/mol. The number of ether oxygens (including phenoxy) is 3. The molecule has 10 atom stereocenters. The van der Waals surface area contributed by atoms with Gasteiger partial charge in [-0.2, -0.15) is 0 Å². The Bertz CT molecular complexity index is 453. The summed E-state index contributed by atoms with van der Waals surface area (Å²) < 4.78 is 16.6. The molecular formula is C16H30O10. The third-order valence-electron chi connectivity index (χ3n) is 4.86. The van der Waals surface area contributed by atoms with Gasteiger partial charge in [0, 0.05) is 0 Å². The third-order valence-corrected chi connectivity index (χ3v) is 4.86. The Morgan fingerprint density at radius 2 is 1.23 bits per heavy atom. The highest BCUT2D eigenvalue weighted by atomic mass is 16.7. The zero-order chi connectivity index (χ0) is 19.8. The van der Waals surface area contributed by atoms with Gasteiger partial charge in [0.15, 0.2) is 6.29 Å². The van der Waals surface area contributed by atoms with Gasteiger partial charge in [-0.15, -0.1) is 0 Å². The van der Waals surface area contributed by atoms with E-state index < -0.39 is 79.9 Å². The lowest BCUT2D eigenvalue weighted by molar-refractivity contribution is -0.347. The molecule has 2 heterocycles. The van der Waals surface area contributed by atoms with Crippen LogP contribution >= 0.6 is 0 Å². The summed E-state index contributed by atoms with van der Waals surface area (Å²) in [6.45, 7) is 4.30. The maximum atomic E-state index is 10.5. The fourth-order valence-corrected chi connectivity index (χ4v) is 3.27. The first-order valence-corrected chi connectivity index (χ1v) is 8.61. The summed E-state index contributed by atoms with van der Waals surface area (Å²) >= 11 is 0. The highest BCUT2D eigenvalue weighted by Gasteiger charge is 2.52. The number of aliphatic hydroxyl groups is 7. The van der Waals surface area contributed by atoms with Gasteiger partial charge in [0.05, 0.1) is 19.3 Å². The molecule has 26 heavy (non-hydrogen) atoms. The van der Waals surface area contributed by atoms with Crippen molar-refractivity contribution in [1.29, 1.82) is 0 Å². The van der Waals surface area contributed by atoms with E-state index in [0.29, 0.717) is 0 Å². The standard InChI is InChI=1S/C16H30O10/c1-16(2,3)14-13(11(22)9(20)6(4-17)24-14)26-15-12(23)10(21)8(19)7(5-18)25-15/h6-15,17-23H,4-5H2,1-3H3/t6-,7-,8+,9+,10+,11+,12-,13-,14?,15?/m1/s1. The second kappa shape index (κ2) is 8.31. The number of aliphatic hydroxyl groups excluding tert-OH is 7. The predicted octanol–water partition coefficient (Wildman–Crippen LogP) is -3.30. The van der Waals surface area contributed by atoms with Crippen molar-refractivity contribution >= 4 is 0 Å². The van der Waals surface area contributed by atoms with E-state index in [1.165, 1.54) is 0 Å². The van der Waals surface area contributed by atoms with Gasteiger partial charge in [0.25, 0.3) is 0 Å². The van der Waals surface area contributed by atoms with Crippen LogP contribution in [0, 0.1) is 5.41 Å². The summed E-state index contributed by atoms with van der Waals surface area (Å²) in [6.07, 6.45) is -13.3. The summed E-state index contributed by atoms with van der Waals surface area (Å²) in [5.41, 5.74) is -0.576. The van der Waals surface area contributed by atoms with Gasteiger partial charge < -0.3 is 50.0 Å². The number of hydrogen-bond donors (Lipinski definition) is 7. The van der Waals surface area contributed by atoms with Crippen LogP contribution in [-0.2, 0) is 14.2 Å². The third kappa shape index (κ3) is 4.20. The van der Waals surface area contributed by atoms with Crippen LogP contribution in [0.2, 0.25) is 0 Å². The Labute approximate surface area is 151 Å². The minimum absolute atomic E-state index is 0.502. The molecule has 2 fully saturated rings. The fraction of sp³-hybridized carbons (Fsp3) is 1.00. The van der Waals surface area contributed by atoms with Crippen molar-refractivity contribution in [2.24, 2.45) is 5.41 Å². The maximum absolute atomic E-state index is 10.5. The van der Waals surface area contributed by atoms with Crippen molar-refractivity contribution in [3.05, 3.63) is 0 Å². The lowest BCUT2D eigenvalue weighted by Crippen LogP contribution is -2.66. The molecule has 0 spiro atoms. The van der Waals surface area contributed by atoms with Gasteiger partial charge in [-0.25, -0.2) is 0 Å². The van der Waals surface area contributed by atoms with Crippen LogP contribution in [0.3, 0.4) is 0 Å². The number of rotatable bonds is 4. The van der Waals surface area contributed by atoms with Crippen LogP contribution in [0.4, 0.5) is 0 Å². The molecule has 0 aromatic rings. The Morgan fingerprint density at radius 3 is 1.73 bits per heavy atom. The maximum Gasteiger partial charge on any atom is 0.187 e. The Kier molecular flexibility index (Phi) is 7.00. The average molecular weight is 382 g/mol. The van der Waals surface area contributed by atoms with E-state index in [2.05, 4.69) is 0 Å². The quantitative estimate of drug-likeness (QED) is 0.261. The molecule has 2 saturated heterocycles. The zero-order valence-electron chi connectivity index (χ0n) is 15.0. The van der Waals surface area contributed by atoms with Gasteiger partial charge in [-0.1, -0.05) is 20.8 Å². The summed E-state index contributed by atoms with van der Waals surface area (Å²) in [7, 11) is 0. The van der Waals surface area contributed by atoms with E-state index >= 15 is 0 Å². The zero-order valence-corrected chi connectivity index (χ0v) is 15.0. The SMILES string of the molecule is CC(C)(C)C1O[C@H](CO)[C@H](O)[C@H](O)[C@H]1OC1O[C@H](CO)[C@H](O)[C@H](O)[C@H]1O.